The lowest BCUT2D eigenvalue weighted by Gasteiger charge is -2.27. The summed E-state index contributed by atoms with van der Waals surface area (Å²) in [5.74, 6) is -1.61. The molecule has 0 aliphatic carbocycles. The van der Waals surface area contributed by atoms with Crippen LogP contribution in [-0.2, 0) is 24.3 Å². The van der Waals surface area contributed by atoms with Crippen LogP contribution in [0, 0.1) is 11.6 Å². The molecule has 0 amide bonds. The number of pyridine rings is 1. The third-order valence-electron chi connectivity index (χ3n) is 6.61. The molecule has 4 heterocycles. The van der Waals surface area contributed by atoms with E-state index >= 15 is 8.78 Å². The van der Waals surface area contributed by atoms with Gasteiger partial charge in [0.25, 0.3) is 0 Å². The number of fused-ring (bicyclic) bond motifs is 1. The van der Waals surface area contributed by atoms with Gasteiger partial charge < -0.3 is 19.1 Å². The summed E-state index contributed by atoms with van der Waals surface area (Å²) in [4.78, 5) is 24.6. The Morgan fingerprint density at radius 1 is 1.18 bits per heavy atom. The smallest absolute Gasteiger partial charge is 0.335 e. The maximum Gasteiger partial charge on any atom is 0.335 e. The first-order valence-electron chi connectivity index (χ1n) is 12.4. The van der Waals surface area contributed by atoms with Crippen molar-refractivity contribution in [1.82, 2.24) is 19.5 Å². The van der Waals surface area contributed by atoms with Gasteiger partial charge in [-0.05, 0) is 48.4 Å². The van der Waals surface area contributed by atoms with Crippen molar-refractivity contribution in [3.05, 3.63) is 92.7 Å². The highest BCUT2D eigenvalue weighted by molar-refractivity contribution is 7.15. The highest BCUT2D eigenvalue weighted by Gasteiger charge is 2.23. The quantitative estimate of drug-likeness (QED) is 0.223. The van der Waals surface area contributed by atoms with Crippen molar-refractivity contribution in [3.63, 3.8) is 0 Å². The van der Waals surface area contributed by atoms with Crippen molar-refractivity contribution in [2.75, 3.05) is 6.61 Å². The minimum absolute atomic E-state index is 0.000208. The zero-order valence-electron chi connectivity index (χ0n) is 20.8. The molecule has 1 N–H and O–H groups in total. The molecule has 8 nitrogen and oxygen atoms in total. The summed E-state index contributed by atoms with van der Waals surface area (Å²) >= 11 is 7.17. The van der Waals surface area contributed by atoms with Crippen LogP contribution in [0.4, 0.5) is 8.78 Å². The lowest BCUT2D eigenvalue weighted by molar-refractivity contribution is -0.0589. The van der Waals surface area contributed by atoms with Gasteiger partial charge in [0.15, 0.2) is 0 Å². The van der Waals surface area contributed by atoms with Gasteiger partial charge in [-0.15, -0.1) is 11.3 Å². The van der Waals surface area contributed by atoms with Crippen LogP contribution in [0.25, 0.3) is 22.3 Å². The summed E-state index contributed by atoms with van der Waals surface area (Å²) in [5.41, 5.74) is 1.60. The summed E-state index contributed by atoms with van der Waals surface area (Å²) in [6.45, 7) is 1.22. The number of imidazole rings is 1. The molecule has 5 aromatic rings. The lowest BCUT2D eigenvalue weighted by atomic mass is 10.0. The van der Waals surface area contributed by atoms with Crippen LogP contribution < -0.4 is 4.74 Å². The maximum atomic E-state index is 15.4. The molecule has 0 spiro atoms. The Balaban J connectivity index is 1.28. The molecule has 1 atom stereocenters. The van der Waals surface area contributed by atoms with Crippen LogP contribution in [0.5, 0.6) is 5.88 Å². The fraction of sp³-hybridized carbons (Fsp3) is 0.214. The maximum absolute atomic E-state index is 15.4. The van der Waals surface area contributed by atoms with Crippen molar-refractivity contribution < 1.29 is 28.2 Å². The van der Waals surface area contributed by atoms with E-state index in [1.54, 1.807) is 24.3 Å². The second-order valence-electron chi connectivity index (χ2n) is 9.24. The predicted octanol–water partition coefficient (Wildman–Crippen LogP) is 6.14. The van der Waals surface area contributed by atoms with Crippen LogP contribution in [0.2, 0.25) is 4.34 Å². The van der Waals surface area contributed by atoms with Gasteiger partial charge >= 0.3 is 5.97 Å². The van der Waals surface area contributed by atoms with Crippen molar-refractivity contribution >= 4 is 39.9 Å². The third kappa shape index (κ3) is 5.40. The topological polar surface area (TPSA) is 99.4 Å². The second-order valence-corrected chi connectivity index (χ2v) is 11.0. The van der Waals surface area contributed by atoms with Gasteiger partial charge in [0.05, 0.1) is 41.1 Å². The van der Waals surface area contributed by atoms with E-state index in [1.807, 2.05) is 4.57 Å². The standard InChI is InChI=1S/C28H21ClF2N4O4S/c29-24-12-32-27(40-24)14-39-26-3-1-2-21(34-26)18-11-19(30)16(8-20(18)31)10-25-33-22-5-4-15(28(36)37)9-23(22)35(25)13-17-6-7-38-17/h1-5,8-9,11-12,17H,6-7,10,13-14H2,(H,36,37)/t17-/m0/s1. The molecule has 1 aliphatic heterocycles. The number of ether oxygens (including phenoxy) is 2. The molecule has 1 saturated heterocycles. The largest absolute Gasteiger partial charge is 0.478 e. The van der Waals surface area contributed by atoms with Crippen molar-refractivity contribution in [1.29, 1.82) is 0 Å². The Hall–Kier alpha value is -3.93. The van der Waals surface area contributed by atoms with Crippen LogP contribution in [-0.4, -0.2) is 43.3 Å². The molecule has 40 heavy (non-hydrogen) atoms. The van der Waals surface area contributed by atoms with Crippen molar-refractivity contribution in [2.45, 2.75) is 32.1 Å². The number of nitrogens with zero attached hydrogens (tertiary/aromatic N) is 4. The Labute approximate surface area is 235 Å². The van der Waals surface area contributed by atoms with E-state index in [9.17, 15) is 9.90 Å². The van der Waals surface area contributed by atoms with Crippen LogP contribution in [0.3, 0.4) is 0 Å². The SMILES string of the molecule is O=C(O)c1ccc2nc(Cc3cc(F)c(-c4cccc(OCc5ncc(Cl)s5)n4)cc3F)n(C[C@@H]3CCO3)c2c1. The average molecular weight is 583 g/mol. The van der Waals surface area contributed by atoms with Crippen molar-refractivity contribution in [2.24, 2.45) is 0 Å². The molecule has 1 aliphatic rings. The number of benzene rings is 2. The molecule has 204 valence electrons. The summed E-state index contributed by atoms with van der Waals surface area (Å²) in [6.07, 6.45) is 2.32. The van der Waals surface area contributed by atoms with E-state index in [0.29, 0.717) is 39.4 Å². The minimum atomic E-state index is -1.06. The van der Waals surface area contributed by atoms with Gasteiger partial charge in [0.2, 0.25) is 5.88 Å². The first-order chi connectivity index (χ1) is 19.3. The Kier molecular flexibility index (Phi) is 7.18. The number of halogens is 3. The molecule has 2 aromatic carbocycles. The molecule has 0 radical (unpaired) electrons. The Morgan fingerprint density at radius 3 is 2.75 bits per heavy atom. The second kappa shape index (κ2) is 10.9. The van der Waals surface area contributed by atoms with E-state index in [-0.39, 0.29) is 47.4 Å². The average Bonchev–Trinajstić information content (AvgIpc) is 3.49. The normalized spacial score (nSPS) is 14.8. The number of hydrogen-bond acceptors (Lipinski definition) is 7. The van der Waals surface area contributed by atoms with Gasteiger partial charge in [0, 0.05) is 24.7 Å². The summed E-state index contributed by atoms with van der Waals surface area (Å²) in [5, 5.41) is 10.1. The van der Waals surface area contributed by atoms with E-state index in [1.165, 1.54) is 29.7 Å². The number of hydrogen-bond donors (Lipinski definition) is 1. The number of carboxylic acids is 1. The van der Waals surface area contributed by atoms with Crippen LogP contribution in [0.1, 0.15) is 33.2 Å². The van der Waals surface area contributed by atoms with Crippen molar-refractivity contribution in [3.8, 4) is 17.1 Å². The zero-order chi connectivity index (χ0) is 27.8. The monoisotopic (exact) mass is 582 g/mol. The van der Waals surface area contributed by atoms with Gasteiger partial charge in [-0.1, -0.05) is 17.7 Å². The number of carbonyl (C=O) groups is 1. The molecule has 0 bridgehead atoms. The van der Waals surface area contributed by atoms with E-state index in [4.69, 9.17) is 21.1 Å². The number of carboxylic acid groups (broad SMARTS) is 1. The third-order valence-corrected chi connectivity index (χ3v) is 7.70. The molecule has 0 saturated carbocycles. The Bertz CT molecular complexity index is 1740. The molecule has 6 rings (SSSR count). The summed E-state index contributed by atoms with van der Waals surface area (Å²) < 4.78 is 44.3. The number of thiazole rings is 1. The fourth-order valence-corrected chi connectivity index (χ4v) is 5.37. The lowest BCUT2D eigenvalue weighted by Crippen LogP contribution is -2.31. The van der Waals surface area contributed by atoms with Crippen LogP contribution in [0.15, 0.2) is 54.7 Å². The van der Waals surface area contributed by atoms with Gasteiger partial charge in [-0.2, -0.15) is 0 Å². The molecular weight excluding hydrogens is 562 g/mol. The molecule has 12 heteroatoms. The molecule has 1 fully saturated rings. The summed E-state index contributed by atoms with van der Waals surface area (Å²) in [7, 11) is 0. The molecular formula is C28H21ClF2N4O4S. The van der Waals surface area contributed by atoms with E-state index in [0.717, 1.165) is 18.6 Å². The highest BCUT2D eigenvalue weighted by Crippen LogP contribution is 2.29. The minimum Gasteiger partial charge on any atom is -0.478 e. The Morgan fingerprint density at radius 2 is 2.02 bits per heavy atom. The number of aromatic nitrogens is 4. The van der Waals surface area contributed by atoms with E-state index < -0.39 is 17.6 Å². The fourth-order valence-electron chi connectivity index (χ4n) is 4.50. The molecule has 3 aromatic heterocycles. The first kappa shape index (κ1) is 26.3. The van der Waals surface area contributed by atoms with Gasteiger partial charge in [0.1, 0.15) is 33.4 Å². The highest BCUT2D eigenvalue weighted by atomic mass is 35.5. The summed E-state index contributed by atoms with van der Waals surface area (Å²) in [6, 6.07) is 11.7. The van der Waals surface area contributed by atoms with E-state index in [2.05, 4.69) is 15.0 Å². The van der Waals surface area contributed by atoms with Gasteiger partial charge in [-0.3, -0.25) is 0 Å². The zero-order valence-corrected chi connectivity index (χ0v) is 22.4. The predicted molar refractivity (Wildman–Crippen MR) is 145 cm³/mol. The first-order valence-corrected chi connectivity index (χ1v) is 13.6. The number of rotatable bonds is 9. The molecule has 0 unspecified atom stereocenters. The van der Waals surface area contributed by atoms with Gasteiger partial charge in [-0.25, -0.2) is 28.5 Å². The number of aromatic carboxylic acids is 1. The van der Waals surface area contributed by atoms with Crippen LogP contribution >= 0.6 is 22.9 Å².